The molecule has 0 aliphatic carbocycles. The molecular formula is C7H18Cl2N2O. The molecular weight excluding hydrogens is 199 g/mol. The highest BCUT2D eigenvalue weighted by Gasteiger charge is 2.27. The fourth-order valence-corrected chi connectivity index (χ4v) is 1.40. The van der Waals surface area contributed by atoms with Crippen LogP contribution in [-0.4, -0.2) is 51.3 Å². The first-order valence-corrected chi connectivity index (χ1v) is 3.65. The molecule has 1 aliphatic rings. The van der Waals surface area contributed by atoms with Crippen LogP contribution >= 0.6 is 24.8 Å². The van der Waals surface area contributed by atoms with Crippen LogP contribution in [0.15, 0.2) is 0 Å². The zero-order chi connectivity index (χ0) is 7.56. The van der Waals surface area contributed by atoms with E-state index < -0.39 is 0 Å². The number of likely N-dealkylation sites (N-methyl/N-ethyl adjacent to an activating group) is 1. The predicted molar refractivity (Wildman–Crippen MR) is 55.6 cm³/mol. The minimum absolute atomic E-state index is 0. The molecule has 12 heavy (non-hydrogen) atoms. The summed E-state index contributed by atoms with van der Waals surface area (Å²) in [6, 6.07) is 0.546. The van der Waals surface area contributed by atoms with Crippen LogP contribution in [0, 0.1) is 0 Å². The molecule has 76 valence electrons. The standard InChI is InChI=1S/C7H16N2O.2ClH/c1-9(2)6-4-8-5-7(6)10-3;;/h6-8H,4-5H2,1-3H3;2*1H/t6-,7-;;/m1../s1. The first kappa shape index (κ1) is 15.0. The van der Waals surface area contributed by atoms with Gasteiger partial charge in [0.25, 0.3) is 0 Å². The van der Waals surface area contributed by atoms with Crippen molar-refractivity contribution in [3.8, 4) is 0 Å². The van der Waals surface area contributed by atoms with E-state index in [1.165, 1.54) is 0 Å². The fourth-order valence-electron chi connectivity index (χ4n) is 1.40. The molecule has 2 atom stereocenters. The molecule has 5 heteroatoms. The van der Waals surface area contributed by atoms with Crippen LogP contribution < -0.4 is 5.32 Å². The van der Waals surface area contributed by atoms with Crippen molar-refractivity contribution in [3.05, 3.63) is 0 Å². The van der Waals surface area contributed by atoms with E-state index in [0.717, 1.165) is 13.1 Å². The molecule has 1 N–H and O–H groups in total. The number of rotatable bonds is 2. The van der Waals surface area contributed by atoms with Gasteiger partial charge in [-0.1, -0.05) is 0 Å². The normalized spacial score (nSPS) is 28.0. The van der Waals surface area contributed by atoms with E-state index in [1.54, 1.807) is 7.11 Å². The van der Waals surface area contributed by atoms with Gasteiger partial charge >= 0.3 is 0 Å². The topological polar surface area (TPSA) is 24.5 Å². The minimum Gasteiger partial charge on any atom is -0.378 e. The van der Waals surface area contributed by atoms with Gasteiger partial charge in [0.2, 0.25) is 0 Å². The van der Waals surface area contributed by atoms with Gasteiger partial charge in [0, 0.05) is 26.2 Å². The van der Waals surface area contributed by atoms with Crippen molar-refractivity contribution in [2.75, 3.05) is 34.3 Å². The second kappa shape index (κ2) is 6.92. The summed E-state index contributed by atoms with van der Waals surface area (Å²) in [5, 5.41) is 3.29. The van der Waals surface area contributed by atoms with Gasteiger partial charge in [-0.2, -0.15) is 0 Å². The molecule has 1 fully saturated rings. The molecule has 0 radical (unpaired) electrons. The van der Waals surface area contributed by atoms with Crippen LogP contribution in [0.2, 0.25) is 0 Å². The summed E-state index contributed by atoms with van der Waals surface area (Å²) >= 11 is 0. The Kier molecular flexibility index (Phi) is 8.63. The van der Waals surface area contributed by atoms with Gasteiger partial charge in [0.1, 0.15) is 0 Å². The zero-order valence-electron chi connectivity index (χ0n) is 7.74. The Balaban J connectivity index is 0. The first-order valence-electron chi connectivity index (χ1n) is 3.65. The van der Waals surface area contributed by atoms with Gasteiger partial charge in [0.05, 0.1) is 6.10 Å². The lowest BCUT2D eigenvalue weighted by Crippen LogP contribution is -2.38. The van der Waals surface area contributed by atoms with Crippen LogP contribution in [0.4, 0.5) is 0 Å². The molecule has 3 nitrogen and oxygen atoms in total. The van der Waals surface area contributed by atoms with E-state index in [9.17, 15) is 0 Å². The highest BCUT2D eigenvalue weighted by molar-refractivity contribution is 5.85. The highest BCUT2D eigenvalue weighted by Crippen LogP contribution is 2.07. The van der Waals surface area contributed by atoms with E-state index in [2.05, 4.69) is 24.3 Å². The summed E-state index contributed by atoms with van der Waals surface area (Å²) in [6.45, 7) is 2.03. The Morgan fingerprint density at radius 1 is 1.25 bits per heavy atom. The number of hydrogen-bond acceptors (Lipinski definition) is 3. The van der Waals surface area contributed by atoms with E-state index >= 15 is 0 Å². The average molecular weight is 217 g/mol. The quantitative estimate of drug-likeness (QED) is 0.723. The molecule has 0 aromatic heterocycles. The Morgan fingerprint density at radius 3 is 2.17 bits per heavy atom. The lowest BCUT2D eigenvalue weighted by molar-refractivity contribution is 0.0636. The molecule has 0 aromatic rings. The molecule has 0 amide bonds. The third-order valence-corrected chi connectivity index (χ3v) is 2.09. The second-order valence-corrected chi connectivity index (χ2v) is 2.96. The third-order valence-electron chi connectivity index (χ3n) is 2.09. The van der Waals surface area contributed by atoms with Crippen molar-refractivity contribution in [2.24, 2.45) is 0 Å². The molecule has 0 aromatic carbocycles. The summed E-state index contributed by atoms with van der Waals surface area (Å²) in [5.74, 6) is 0. The Bertz CT molecular complexity index is 114. The van der Waals surface area contributed by atoms with Crippen molar-refractivity contribution < 1.29 is 4.74 Å². The number of nitrogens with one attached hydrogen (secondary N) is 1. The van der Waals surface area contributed by atoms with E-state index in [0.29, 0.717) is 12.1 Å². The smallest absolute Gasteiger partial charge is 0.0862 e. The van der Waals surface area contributed by atoms with Crippen LogP contribution in [0.25, 0.3) is 0 Å². The van der Waals surface area contributed by atoms with E-state index in [4.69, 9.17) is 4.74 Å². The SMILES string of the molecule is CO[C@@H]1CNC[C@H]1N(C)C.Cl.Cl. The fraction of sp³-hybridized carbons (Fsp3) is 1.00. The van der Waals surface area contributed by atoms with E-state index in [1.807, 2.05) is 0 Å². The van der Waals surface area contributed by atoms with Crippen molar-refractivity contribution in [2.45, 2.75) is 12.1 Å². The monoisotopic (exact) mass is 216 g/mol. The van der Waals surface area contributed by atoms with Crippen molar-refractivity contribution in [3.63, 3.8) is 0 Å². The summed E-state index contributed by atoms with van der Waals surface area (Å²) in [5.41, 5.74) is 0. The summed E-state index contributed by atoms with van der Waals surface area (Å²) in [7, 11) is 5.95. The van der Waals surface area contributed by atoms with Crippen molar-refractivity contribution in [1.82, 2.24) is 10.2 Å². The van der Waals surface area contributed by atoms with Gasteiger partial charge in [0.15, 0.2) is 0 Å². The molecule has 0 bridgehead atoms. The Morgan fingerprint density at radius 2 is 1.83 bits per heavy atom. The summed E-state index contributed by atoms with van der Waals surface area (Å²) in [4.78, 5) is 2.20. The van der Waals surface area contributed by atoms with Gasteiger partial charge in [-0.25, -0.2) is 0 Å². The van der Waals surface area contributed by atoms with Crippen LogP contribution in [-0.2, 0) is 4.74 Å². The number of nitrogens with zero attached hydrogens (tertiary/aromatic N) is 1. The van der Waals surface area contributed by atoms with Crippen LogP contribution in [0.5, 0.6) is 0 Å². The molecule has 0 saturated carbocycles. The van der Waals surface area contributed by atoms with Crippen molar-refractivity contribution in [1.29, 1.82) is 0 Å². The maximum atomic E-state index is 5.28. The lowest BCUT2D eigenvalue weighted by atomic mass is 10.2. The Labute approximate surface area is 86.7 Å². The van der Waals surface area contributed by atoms with Gasteiger partial charge < -0.3 is 15.0 Å². The zero-order valence-corrected chi connectivity index (χ0v) is 9.37. The van der Waals surface area contributed by atoms with Gasteiger partial charge in [-0.15, -0.1) is 24.8 Å². The maximum absolute atomic E-state index is 5.28. The third kappa shape index (κ3) is 3.46. The Hall–Kier alpha value is 0.460. The lowest BCUT2D eigenvalue weighted by Gasteiger charge is -2.23. The molecule has 0 spiro atoms. The molecule has 1 saturated heterocycles. The number of ether oxygens (including phenoxy) is 1. The predicted octanol–water partition coefficient (Wildman–Crippen LogP) is 0.378. The van der Waals surface area contributed by atoms with Crippen molar-refractivity contribution >= 4 is 24.8 Å². The molecule has 1 aliphatic heterocycles. The number of hydrogen-bond donors (Lipinski definition) is 1. The number of halogens is 2. The molecule has 0 unspecified atom stereocenters. The van der Waals surface area contributed by atoms with E-state index in [-0.39, 0.29) is 24.8 Å². The van der Waals surface area contributed by atoms with Gasteiger partial charge in [-0.05, 0) is 14.1 Å². The van der Waals surface area contributed by atoms with Crippen LogP contribution in [0.3, 0.4) is 0 Å². The summed E-state index contributed by atoms with van der Waals surface area (Å²) in [6.07, 6.45) is 0.370. The molecule has 1 heterocycles. The van der Waals surface area contributed by atoms with Crippen LogP contribution in [0.1, 0.15) is 0 Å². The largest absolute Gasteiger partial charge is 0.378 e. The highest BCUT2D eigenvalue weighted by atomic mass is 35.5. The minimum atomic E-state index is 0. The maximum Gasteiger partial charge on any atom is 0.0862 e. The first-order chi connectivity index (χ1) is 4.75. The second-order valence-electron chi connectivity index (χ2n) is 2.96. The number of methoxy groups -OCH3 is 1. The van der Waals surface area contributed by atoms with Gasteiger partial charge in [-0.3, -0.25) is 0 Å². The molecule has 1 rings (SSSR count). The summed E-state index contributed by atoms with van der Waals surface area (Å²) < 4.78 is 5.28. The average Bonchev–Trinajstić information content (AvgIpc) is 2.33.